The molecule has 5 heterocycles. The molecule has 7 aromatic carbocycles. The fraction of sp³-hybridized carbons (Fsp3) is 0. The molecule has 0 radical (unpaired) electrons. The molecule has 0 aliphatic rings. The van der Waals surface area contributed by atoms with Crippen LogP contribution >= 0.6 is 11.3 Å². The first-order valence-electron chi connectivity index (χ1n) is 17.5. The summed E-state index contributed by atoms with van der Waals surface area (Å²) in [5, 5.41) is 9.68. The van der Waals surface area contributed by atoms with Crippen molar-refractivity contribution in [1.82, 2.24) is 14.1 Å². The SMILES string of the molecule is c1ccc2c(c1)oc1cc(-n3c4ccccc4c4cc(-c5ccc6c(c5)c5ccccc5n6-c5ccc6sc7ncccc7c6c5)ccc43)ccc12. The summed E-state index contributed by atoms with van der Waals surface area (Å²) >= 11 is 1.75. The van der Waals surface area contributed by atoms with Gasteiger partial charge in [-0.25, -0.2) is 4.98 Å². The molecule has 0 spiro atoms. The molecular weight excluding hydrogens is 655 g/mol. The summed E-state index contributed by atoms with van der Waals surface area (Å²) in [5.74, 6) is 0. The number of hydrogen-bond donors (Lipinski definition) is 0. The highest BCUT2D eigenvalue weighted by Crippen LogP contribution is 2.40. The van der Waals surface area contributed by atoms with Gasteiger partial charge in [0.2, 0.25) is 0 Å². The quantitative estimate of drug-likeness (QED) is 0.186. The van der Waals surface area contributed by atoms with Gasteiger partial charge in [0, 0.05) is 71.4 Å². The fourth-order valence-electron chi connectivity index (χ4n) is 8.45. The van der Waals surface area contributed by atoms with Crippen molar-refractivity contribution in [3.05, 3.63) is 164 Å². The van der Waals surface area contributed by atoms with Gasteiger partial charge in [0.1, 0.15) is 16.0 Å². The molecule has 4 nitrogen and oxygen atoms in total. The molecule has 0 aliphatic carbocycles. The summed E-state index contributed by atoms with van der Waals surface area (Å²) in [6.45, 7) is 0. The monoisotopic (exact) mass is 681 g/mol. The lowest BCUT2D eigenvalue weighted by molar-refractivity contribution is 0.668. The van der Waals surface area contributed by atoms with Crippen LogP contribution in [0.5, 0.6) is 0 Å². The lowest BCUT2D eigenvalue weighted by atomic mass is 10.0. The van der Waals surface area contributed by atoms with E-state index >= 15 is 0 Å². The Morgan fingerprint density at radius 2 is 0.981 bits per heavy atom. The number of hydrogen-bond acceptors (Lipinski definition) is 3. The molecule has 0 amide bonds. The van der Waals surface area contributed by atoms with Gasteiger partial charge in [0.15, 0.2) is 0 Å². The summed E-state index contributed by atoms with van der Waals surface area (Å²) in [4.78, 5) is 5.70. The molecule has 52 heavy (non-hydrogen) atoms. The minimum atomic E-state index is 0.898. The van der Waals surface area contributed by atoms with Gasteiger partial charge in [0.05, 0.1) is 22.1 Å². The molecule has 0 bridgehead atoms. The number of nitrogens with zero attached hydrogens (tertiary/aromatic N) is 3. The van der Waals surface area contributed by atoms with E-state index in [1.54, 1.807) is 11.3 Å². The Labute approximate surface area is 301 Å². The van der Waals surface area contributed by atoms with E-state index in [0.29, 0.717) is 0 Å². The summed E-state index contributed by atoms with van der Waals surface area (Å²) < 4.78 is 12.3. The predicted molar refractivity (Wildman–Crippen MR) is 219 cm³/mol. The van der Waals surface area contributed by atoms with Gasteiger partial charge in [-0.05, 0) is 96.1 Å². The van der Waals surface area contributed by atoms with Crippen molar-refractivity contribution in [1.29, 1.82) is 0 Å². The van der Waals surface area contributed by atoms with E-state index in [0.717, 1.165) is 38.1 Å². The van der Waals surface area contributed by atoms with Gasteiger partial charge in [-0.1, -0.05) is 66.7 Å². The van der Waals surface area contributed by atoms with E-state index in [2.05, 4.69) is 154 Å². The average Bonchev–Trinajstić information content (AvgIpc) is 3.94. The van der Waals surface area contributed by atoms with Gasteiger partial charge >= 0.3 is 0 Å². The van der Waals surface area contributed by atoms with Crippen LogP contribution in [0.4, 0.5) is 0 Å². The van der Waals surface area contributed by atoms with Crippen LogP contribution in [-0.4, -0.2) is 14.1 Å². The zero-order valence-electron chi connectivity index (χ0n) is 27.7. The zero-order valence-corrected chi connectivity index (χ0v) is 28.6. The summed E-state index contributed by atoms with van der Waals surface area (Å²) in [6, 6.07) is 57.1. The first-order valence-corrected chi connectivity index (χ1v) is 18.3. The number of aromatic nitrogens is 3. The van der Waals surface area contributed by atoms with E-state index in [-0.39, 0.29) is 0 Å². The number of thiophene rings is 1. The standard InChI is InChI=1S/C47H27N3OS/c1-4-12-40-32(8-1)37-24-28(15-20-42(37)49(40)30-18-22-46-39(26-30)36-11-7-23-48-47(36)52-46)29-16-21-43-38(25-29)33-9-2-5-13-41(33)50(43)31-17-19-35-34-10-3-6-14-44(34)51-45(35)27-31/h1-27H. The summed E-state index contributed by atoms with van der Waals surface area (Å²) in [5.41, 5.74) is 11.2. The molecule has 0 saturated carbocycles. The Kier molecular flexibility index (Phi) is 5.62. The van der Waals surface area contributed by atoms with E-state index in [1.165, 1.54) is 70.2 Å². The van der Waals surface area contributed by atoms with Crippen LogP contribution in [0.1, 0.15) is 0 Å². The highest BCUT2D eigenvalue weighted by atomic mass is 32.1. The van der Waals surface area contributed by atoms with Crippen LogP contribution in [0.25, 0.3) is 108 Å². The van der Waals surface area contributed by atoms with Crippen molar-refractivity contribution in [3.8, 4) is 22.5 Å². The molecule has 242 valence electrons. The maximum absolute atomic E-state index is 6.30. The van der Waals surface area contributed by atoms with Crippen molar-refractivity contribution >= 4 is 97.2 Å². The normalized spacial score (nSPS) is 12.2. The first kappa shape index (κ1) is 28.1. The number of para-hydroxylation sites is 3. The number of furan rings is 1. The van der Waals surface area contributed by atoms with Gasteiger partial charge in [0.25, 0.3) is 0 Å². The Balaban J connectivity index is 1.03. The third kappa shape index (κ3) is 3.88. The largest absolute Gasteiger partial charge is 0.456 e. The highest BCUT2D eigenvalue weighted by Gasteiger charge is 2.18. The second-order valence-corrected chi connectivity index (χ2v) is 14.6. The molecule has 12 aromatic rings. The summed E-state index contributed by atoms with van der Waals surface area (Å²) in [6.07, 6.45) is 1.88. The van der Waals surface area contributed by atoms with Crippen LogP contribution in [0.15, 0.2) is 168 Å². The molecule has 12 rings (SSSR count). The van der Waals surface area contributed by atoms with E-state index in [4.69, 9.17) is 4.42 Å². The molecule has 0 fully saturated rings. The van der Waals surface area contributed by atoms with Crippen LogP contribution < -0.4 is 0 Å². The number of fused-ring (bicyclic) bond motifs is 12. The molecule has 0 atom stereocenters. The van der Waals surface area contributed by atoms with Crippen molar-refractivity contribution in [2.24, 2.45) is 0 Å². The molecule has 5 heteroatoms. The Morgan fingerprint density at radius 3 is 1.71 bits per heavy atom. The maximum Gasteiger partial charge on any atom is 0.137 e. The van der Waals surface area contributed by atoms with Gasteiger partial charge in [-0.2, -0.15) is 0 Å². The molecule has 0 unspecified atom stereocenters. The second-order valence-electron chi connectivity index (χ2n) is 13.6. The lowest BCUT2D eigenvalue weighted by Crippen LogP contribution is -1.93. The molecule has 0 aliphatic heterocycles. The van der Waals surface area contributed by atoms with Gasteiger partial charge in [-0.3, -0.25) is 0 Å². The van der Waals surface area contributed by atoms with Crippen molar-refractivity contribution in [2.45, 2.75) is 0 Å². The summed E-state index contributed by atoms with van der Waals surface area (Å²) in [7, 11) is 0. The molecule has 0 N–H and O–H groups in total. The predicted octanol–water partition coefficient (Wildman–Crippen LogP) is 13.2. The molecule has 5 aromatic heterocycles. The van der Waals surface area contributed by atoms with E-state index < -0.39 is 0 Å². The van der Waals surface area contributed by atoms with Crippen molar-refractivity contribution in [3.63, 3.8) is 0 Å². The second kappa shape index (κ2) is 10.4. The zero-order chi connectivity index (χ0) is 33.9. The fourth-order valence-corrected chi connectivity index (χ4v) is 9.48. The van der Waals surface area contributed by atoms with Crippen LogP contribution in [0.3, 0.4) is 0 Å². The highest BCUT2D eigenvalue weighted by molar-refractivity contribution is 7.25. The smallest absolute Gasteiger partial charge is 0.137 e. The Morgan fingerprint density at radius 1 is 0.404 bits per heavy atom. The van der Waals surface area contributed by atoms with Crippen molar-refractivity contribution in [2.75, 3.05) is 0 Å². The Hall–Kier alpha value is -6.69. The van der Waals surface area contributed by atoms with Crippen molar-refractivity contribution < 1.29 is 4.42 Å². The number of pyridine rings is 1. The van der Waals surface area contributed by atoms with Gasteiger partial charge < -0.3 is 13.6 Å². The topological polar surface area (TPSA) is 35.9 Å². The lowest BCUT2D eigenvalue weighted by Gasteiger charge is -2.10. The third-order valence-electron chi connectivity index (χ3n) is 10.8. The number of rotatable bonds is 3. The maximum atomic E-state index is 6.30. The third-order valence-corrected chi connectivity index (χ3v) is 11.9. The number of benzene rings is 7. The average molecular weight is 682 g/mol. The van der Waals surface area contributed by atoms with Gasteiger partial charge in [-0.15, -0.1) is 11.3 Å². The minimum absolute atomic E-state index is 0.898. The van der Waals surface area contributed by atoms with E-state index in [9.17, 15) is 0 Å². The minimum Gasteiger partial charge on any atom is -0.456 e. The molecular formula is C47H27N3OS. The Bertz CT molecular complexity index is 3430. The van der Waals surface area contributed by atoms with Crippen LogP contribution in [0.2, 0.25) is 0 Å². The molecule has 0 saturated heterocycles. The van der Waals surface area contributed by atoms with E-state index in [1.807, 2.05) is 24.4 Å². The van der Waals surface area contributed by atoms with Crippen LogP contribution in [0, 0.1) is 0 Å². The van der Waals surface area contributed by atoms with Crippen LogP contribution in [-0.2, 0) is 0 Å². The first-order chi connectivity index (χ1) is 25.8.